The molecule has 0 radical (unpaired) electrons. The summed E-state index contributed by atoms with van der Waals surface area (Å²) in [5.74, 6) is -0.0372. The van der Waals surface area contributed by atoms with Gasteiger partial charge < -0.3 is 15.3 Å². The number of likely N-dealkylation sites (tertiary alicyclic amines) is 1. The van der Waals surface area contributed by atoms with Crippen molar-refractivity contribution in [2.24, 2.45) is 11.3 Å². The molecule has 1 heterocycles. The van der Waals surface area contributed by atoms with Crippen LogP contribution in [0, 0.1) is 11.3 Å². The van der Waals surface area contributed by atoms with Crippen molar-refractivity contribution in [3.8, 4) is 0 Å². The van der Waals surface area contributed by atoms with Crippen molar-refractivity contribution < 1.29 is 14.7 Å². The molecule has 2 amide bonds. The number of hydrogen-bond donors (Lipinski definition) is 2. The van der Waals surface area contributed by atoms with Crippen LogP contribution < -0.4 is 5.32 Å². The Labute approximate surface area is 114 Å². The van der Waals surface area contributed by atoms with Crippen LogP contribution in [-0.2, 0) is 4.79 Å². The van der Waals surface area contributed by atoms with Gasteiger partial charge in [0.2, 0.25) is 0 Å². The lowest BCUT2D eigenvalue weighted by Crippen LogP contribution is -2.51. The first-order valence-electron chi connectivity index (χ1n) is 7.33. The topological polar surface area (TPSA) is 69.6 Å². The van der Waals surface area contributed by atoms with Crippen molar-refractivity contribution in [1.29, 1.82) is 0 Å². The van der Waals surface area contributed by atoms with E-state index in [0.29, 0.717) is 12.8 Å². The average Bonchev–Trinajstić information content (AvgIpc) is 2.37. The lowest BCUT2D eigenvalue weighted by Gasteiger charge is -2.38. The number of carboxylic acids is 1. The average molecular weight is 268 g/mol. The number of aliphatic carboxylic acids is 1. The molecule has 2 N–H and O–H groups in total. The van der Waals surface area contributed by atoms with Crippen LogP contribution >= 0.6 is 0 Å². The Hall–Kier alpha value is -1.26. The molecule has 5 heteroatoms. The van der Waals surface area contributed by atoms with Gasteiger partial charge in [0.25, 0.3) is 0 Å². The van der Waals surface area contributed by atoms with Crippen molar-refractivity contribution in [3.63, 3.8) is 0 Å². The SMILES string of the molecule is CCC1CCN(C(=O)NCC2(C(=O)O)CCC2)CC1. The van der Waals surface area contributed by atoms with Crippen molar-refractivity contribution in [2.45, 2.75) is 45.4 Å². The molecular weight excluding hydrogens is 244 g/mol. The van der Waals surface area contributed by atoms with E-state index in [1.807, 2.05) is 4.90 Å². The normalized spacial score (nSPS) is 22.7. The van der Waals surface area contributed by atoms with Gasteiger partial charge >= 0.3 is 12.0 Å². The lowest BCUT2D eigenvalue weighted by atomic mass is 9.69. The fourth-order valence-electron chi connectivity index (χ4n) is 2.97. The van der Waals surface area contributed by atoms with Crippen LogP contribution in [0.1, 0.15) is 45.4 Å². The Kier molecular flexibility index (Phi) is 4.32. The second-order valence-corrected chi connectivity index (χ2v) is 5.94. The number of hydrogen-bond acceptors (Lipinski definition) is 2. The van der Waals surface area contributed by atoms with E-state index in [-0.39, 0.29) is 12.6 Å². The van der Waals surface area contributed by atoms with Crippen molar-refractivity contribution in [3.05, 3.63) is 0 Å². The monoisotopic (exact) mass is 268 g/mol. The summed E-state index contributed by atoms with van der Waals surface area (Å²) in [6, 6.07) is -0.0953. The van der Waals surface area contributed by atoms with E-state index in [1.54, 1.807) is 0 Å². The number of nitrogens with zero attached hydrogens (tertiary/aromatic N) is 1. The second kappa shape index (κ2) is 5.80. The predicted molar refractivity (Wildman–Crippen MR) is 71.9 cm³/mol. The highest BCUT2D eigenvalue weighted by Crippen LogP contribution is 2.40. The van der Waals surface area contributed by atoms with Crippen LogP contribution in [0.2, 0.25) is 0 Å². The fourth-order valence-corrected chi connectivity index (χ4v) is 2.97. The van der Waals surface area contributed by atoms with E-state index in [9.17, 15) is 14.7 Å². The van der Waals surface area contributed by atoms with Crippen LogP contribution in [0.3, 0.4) is 0 Å². The number of carboxylic acid groups (broad SMARTS) is 1. The Morgan fingerprint density at radius 2 is 1.95 bits per heavy atom. The summed E-state index contributed by atoms with van der Waals surface area (Å²) in [5, 5.41) is 12.0. The summed E-state index contributed by atoms with van der Waals surface area (Å²) in [4.78, 5) is 25.1. The molecule has 0 atom stereocenters. The van der Waals surface area contributed by atoms with Gasteiger partial charge in [-0.25, -0.2) is 4.79 Å². The highest BCUT2D eigenvalue weighted by Gasteiger charge is 2.44. The van der Waals surface area contributed by atoms with Gasteiger partial charge in [-0.05, 0) is 31.6 Å². The van der Waals surface area contributed by atoms with Crippen LogP contribution in [0.4, 0.5) is 4.79 Å². The van der Waals surface area contributed by atoms with Crippen molar-refractivity contribution >= 4 is 12.0 Å². The Balaban J connectivity index is 1.77. The number of amides is 2. The zero-order valence-electron chi connectivity index (χ0n) is 11.7. The molecule has 1 aliphatic heterocycles. The maximum absolute atomic E-state index is 12.0. The van der Waals surface area contributed by atoms with Gasteiger partial charge in [-0.2, -0.15) is 0 Å². The van der Waals surface area contributed by atoms with E-state index < -0.39 is 11.4 Å². The molecule has 0 spiro atoms. The summed E-state index contributed by atoms with van der Waals surface area (Å²) < 4.78 is 0. The molecule has 0 bridgehead atoms. The lowest BCUT2D eigenvalue weighted by molar-refractivity contribution is -0.153. The van der Waals surface area contributed by atoms with Crippen molar-refractivity contribution in [1.82, 2.24) is 10.2 Å². The Bertz CT molecular complexity index is 345. The molecule has 0 aromatic rings. The third-order valence-electron chi connectivity index (χ3n) is 4.82. The Morgan fingerprint density at radius 1 is 1.32 bits per heavy atom. The smallest absolute Gasteiger partial charge is 0.317 e. The third-order valence-corrected chi connectivity index (χ3v) is 4.82. The van der Waals surface area contributed by atoms with Gasteiger partial charge in [0, 0.05) is 19.6 Å². The zero-order valence-corrected chi connectivity index (χ0v) is 11.7. The number of carbonyl (C=O) groups is 2. The van der Waals surface area contributed by atoms with E-state index in [0.717, 1.165) is 38.3 Å². The first kappa shape index (κ1) is 14.2. The first-order valence-corrected chi connectivity index (χ1v) is 7.33. The summed E-state index contributed by atoms with van der Waals surface area (Å²) in [6.07, 6.45) is 5.62. The molecule has 1 aliphatic carbocycles. The minimum atomic E-state index is -0.774. The summed E-state index contributed by atoms with van der Waals surface area (Å²) in [5.41, 5.74) is -0.697. The summed E-state index contributed by atoms with van der Waals surface area (Å²) in [7, 11) is 0. The fraction of sp³-hybridized carbons (Fsp3) is 0.857. The Morgan fingerprint density at radius 3 is 2.37 bits per heavy atom. The number of nitrogens with one attached hydrogen (secondary N) is 1. The number of piperidine rings is 1. The number of rotatable bonds is 4. The minimum Gasteiger partial charge on any atom is -0.481 e. The molecule has 0 aromatic carbocycles. The maximum atomic E-state index is 12.0. The number of urea groups is 1. The molecular formula is C14H24N2O3. The van der Waals surface area contributed by atoms with Gasteiger partial charge in [0.05, 0.1) is 5.41 Å². The minimum absolute atomic E-state index is 0.0953. The van der Waals surface area contributed by atoms with Gasteiger partial charge in [-0.15, -0.1) is 0 Å². The van der Waals surface area contributed by atoms with E-state index >= 15 is 0 Å². The number of carbonyl (C=O) groups excluding carboxylic acids is 1. The third kappa shape index (κ3) is 3.01. The highest BCUT2D eigenvalue weighted by molar-refractivity contribution is 5.79. The van der Waals surface area contributed by atoms with Gasteiger partial charge in [-0.3, -0.25) is 4.79 Å². The maximum Gasteiger partial charge on any atom is 0.317 e. The van der Waals surface area contributed by atoms with Crippen LogP contribution in [0.5, 0.6) is 0 Å². The van der Waals surface area contributed by atoms with Crippen molar-refractivity contribution in [2.75, 3.05) is 19.6 Å². The molecule has 2 fully saturated rings. The van der Waals surface area contributed by atoms with Gasteiger partial charge in [0.1, 0.15) is 0 Å². The first-order chi connectivity index (χ1) is 9.07. The molecule has 0 aromatic heterocycles. The predicted octanol–water partition coefficient (Wildman–Crippen LogP) is 2.07. The summed E-state index contributed by atoms with van der Waals surface area (Å²) >= 11 is 0. The molecule has 5 nitrogen and oxygen atoms in total. The highest BCUT2D eigenvalue weighted by atomic mass is 16.4. The van der Waals surface area contributed by atoms with Crippen LogP contribution in [-0.4, -0.2) is 41.6 Å². The van der Waals surface area contributed by atoms with E-state index in [2.05, 4.69) is 12.2 Å². The van der Waals surface area contributed by atoms with E-state index in [1.165, 1.54) is 6.42 Å². The van der Waals surface area contributed by atoms with E-state index in [4.69, 9.17) is 0 Å². The molecule has 19 heavy (non-hydrogen) atoms. The van der Waals surface area contributed by atoms with Crippen LogP contribution in [0.15, 0.2) is 0 Å². The summed E-state index contributed by atoms with van der Waals surface area (Å²) in [6.45, 7) is 4.05. The molecule has 1 saturated heterocycles. The standard InChI is InChI=1S/C14H24N2O3/c1-2-11-4-8-16(9-5-11)13(19)15-10-14(12(17)18)6-3-7-14/h11H,2-10H2,1H3,(H,15,19)(H,17,18). The zero-order chi connectivity index (χ0) is 13.9. The molecule has 2 aliphatic rings. The van der Waals surface area contributed by atoms with Crippen LogP contribution in [0.25, 0.3) is 0 Å². The molecule has 108 valence electrons. The molecule has 2 rings (SSSR count). The quantitative estimate of drug-likeness (QED) is 0.820. The largest absolute Gasteiger partial charge is 0.481 e. The second-order valence-electron chi connectivity index (χ2n) is 5.94. The van der Waals surface area contributed by atoms with Gasteiger partial charge in [0.15, 0.2) is 0 Å². The molecule has 1 saturated carbocycles. The van der Waals surface area contributed by atoms with Gasteiger partial charge in [-0.1, -0.05) is 19.8 Å². The molecule has 0 unspecified atom stereocenters.